The van der Waals surface area contributed by atoms with Crippen molar-refractivity contribution in [3.63, 3.8) is 0 Å². The predicted molar refractivity (Wildman–Crippen MR) is 101 cm³/mol. The minimum atomic E-state index is -0.370. The molecule has 1 aromatic carbocycles. The Morgan fingerprint density at radius 3 is 2.75 bits per heavy atom. The standard InChI is InChI=1S/C20H26FN5O2/c21-16-5-4-6-17(13-16)28-15-20(27)25-11-9-24(10-12-25)14-19-23-22-18-7-2-1-3-8-26(18)19/h4-6,13H,1-3,7-12,14-15H2. The maximum absolute atomic E-state index is 13.2. The van der Waals surface area contributed by atoms with E-state index in [1.165, 1.54) is 31.4 Å². The summed E-state index contributed by atoms with van der Waals surface area (Å²) in [6.07, 6.45) is 4.64. The molecule has 2 aliphatic heterocycles. The molecule has 0 radical (unpaired) electrons. The van der Waals surface area contributed by atoms with Crippen molar-refractivity contribution in [1.82, 2.24) is 24.6 Å². The molecular weight excluding hydrogens is 361 g/mol. The van der Waals surface area contributed by atoms with Crippen LogP contribution in [0, 0.1) is 5.82 Å². The molecule has 0 atom stereocenters. The Hall–Kier alpha value is -2.48. The van der Waals surface area contributed by atoms with E-state index in [-0.39, 0.29) is 18.3 Å². The fourth-order valence-corrected chi connectivity index (χ4v) is 3.81. The second-order valence-electron chi connectivity index (χ2n) is 7.40. The quantitative estimate of drug-likeness (QED) is 0.784. The average molecular weight is 387 g/mol. The number of rotatable bonds is 5. The first-order valence-electron chi connectivity index (χ1n) is 9.98. The highest BCUT2D eigenvalue weighted by Crippen LogP contribution is 2.16. The van der Waals surface area contributed by atoms with Crippen molar-refractivity contribution in [2.24, 2.45) is 0 Å². The first kappa shape index (κ1) is 18.9. The maximum atomic E-state index is 13.2. The average Bonchev–Trinajstić information content (AvgIpc) is 2.93. The Balaban J connectivity index is 1.25. The number of carbonyl (C=O) groups is 1. The molecule has 7 nitrogen and oxygen atoms in total. The van der Waals surface area contributed by atoms with E-state index in [9.17, 15) is 9.18 Å². The largest absolute Gasteiger partial charge is 0.484 e. The van der Waals surface area contributed by atoms with Gasteiger partial charge in [0.2, 0.25) is 0 Å². The number of ether oxygens (including phenoxy) is 1. The van der Waals surface area contributed by atoms with Gasteiger partial charge >= 0.3 is 0 Å². The molecule has 1 aromatic heterocycles. The van der Waals surface area contributed by atoms with Crippen LogP contribution in [0.2, 0.25) is 0 Å². The molecule has 150 valence electrons. The van der Waals surface area contributed by atoms with E-state index in [0.717, 1.165) is 44.2 Å². The number of nitrogens with zero attached hydrogens (tertiary/aromatic N) is 5. The number of aryl methyl sites for hydroxylation is 1. The molecule has 1 amide bonds. The maximum Gasteiger partial charge on any atom is 0.260 e. The van der Waals surface area contributed by atoms with E-state index in [0.29, 0.717) is 18.8 Å². The molecular formula is C20H26FN5O2. The summed E-state index contributed by atoms with van der Waals surface area (Å²) in [6.45, 7) is 4.63. The number of amides is 1. The number of hydrogen-bond acceptors (Lipinski definition) is 5. The van der Waals surface area contributed by atoms with Crippen LogP contribution < -0.4 is 4.74 Å². The summed E-state index contributed by atoms with van der Waals surface area (Å²) in [7, 11) is 0. The van der Waals surface area contributed by atoms with Crippen LogP contribution in [-0.4, -0.2) is 63.3 Å². The van der Waals surface area contributed by atoms with Crippen LogP contribution >= 0.6 is 0 Å². The van der Waals surface area contributed by atoms with Gasteiger partial charge in [-0.1, -0.05) is 12.5 Å². The van der Waals surface area contributed by atoms with Gasteiger partial charge < -0.3 is 14.2 Å². The summed E-state index contributed by atoms with van der Waals surface area (Å²) >= 11 is 0. The van der Waals surface area contributed by atoms with Crippen LogP contribution in [0.1, 0.15) is 30.9 Å². The van der Waals surface area contributed by atoms with Crippen molar-refractivity contribution in [3.8, 4) is 5.75 Å². The van der Waals surface area contributed by atoms with Crippen molar-refractivity contribution in [3.05, 3.63) is 41.7 Å². The van der Waals surface area contributed by atoms with E-state index >= 15 is 0 Å². The Bertz CT molecular complexity index is 817. The molecule has 28 heavy (non-hydrogen) atoms. The van der Waals surface area contributed by atoms with Crippen LogP contribution in [0.15, 0.2) is 24.3 Å². The minimum Gasteiger partial charge on any atom is -0.484 e. The number of benzene rings is 1. The molecule has 0 N–H and O–H groups in total. The lowest BCUT2D eigenvalue weighted by atomic mass is 10.2. The SMILES string of the molecule is O=C(COc1cccc(F)c1)N1CCN(Cc2nnc3n2CCCCC3)CC1. The molecule has 8 heteroatoms. The molecule has 0 aliphatic carbocycles. The third-order valence-corrected chi connectivity index (χ3v) is 5.43. The van der Waals surface area contributed by atoms with Crippen molar-refractivity contribution in [2.75, 3.05) is 32.8 Å². The van der Waals surface area contributed by atoms with Crippen molar-refractivity contribution in [2.45, 2.75) is 38.8 Å². The van der Waals surface area contributed by atoms with Crippen molar-refractivity contribution < 1.29 is 13.9 Å². The Kier molecular flexibility index (Phi) is 5.85. The summed E-state index contributed by atoms with van der Waals surface area (Å²) in [5, 5.41) is 8.76. The number of piperazine rings is 1. The predicted octanol–water partition coefficient (Wildman–Crippen LogP) is 1.87. The van der Waals surface area contributed by atoms with Crippen LogP contribution in [0.5, 0.6) is 5.75 Å². The monoisotopic (exact) mass is 387 g/mol. The van der Waals surface area contributed by atoms with Gasteiger partial charge in [-0.05, 0) is 25.0 Å². The second kappa shape index (κ2) is 8.68. The van der Waals surface area contributed by atoms with Gasteiger partial charge in [0.05, 0.1) is 6.54 Å². The third kappa shape index (κ3) is 4.49. The summed E-state index contributed by atoms with van der Waals surface area (Å²) < 4.78 is 20.9. The number of hydrogen-bond donors (Lipinski definition) is 0. The topological polar surface area (TPSA) is 63.5 Å². The van der Waals surface area contributed by atoms with Gasteiger partial charge in [-0.25, -0.2) is 4.39 Å². The first-order valence-corrected chi connectivity index (χ1v) is 9.98. The Labute approximate surface area is 164 Å². The molecule has 1 saturated heterocycles. The second-order valence-corrected chi connectivity index (χ2v) is 7.40. The number of fused-ring (bicyclic) bond motifs is 1. The molecule has 4 rings (SSSR count). The van der Waals surface area contributed by atoms with Crippen LogP contribution in [0.25, 0.3) is 0 Å². The van der Waals surface area contributed by atoms with Crippen molar-refractivity contribution in [1.29, 1.82) is 0 Å². The molecule has 0 saturated carbocycles. The molecule has 2 aromatic rings. The molecule has 1 fully saturated rings. The smallest absolute Gasteiger partial charge is 0.260 e. The minimum absolute atomic E-state index is 0.0683. The van der Waals surface area contributed by atoms with Gasteiger partial charge in [0, 0.05) is 45.2 Å². The van der Waals surface area contributed by atoms with Gasteiger partial charge in [-0.2, -0.15) is 0 Å². The van der Waals surface area contributed by atoms with Gasteiger partial charge in [0.1, 0.15) is 23.2 Å². The van der Waals surface area contributed by atoms with E-state index < -0.39 is 0 Å². The summed E-state index contributed by atoms with van der Waals surface area (Å²) in [5.41, 5.74) is 0. The van der Waals surface area contributed by atoms with Gasteiger partial charge in [-0.15, -0.1) is 10.2 Å². The highest BCUT2D eigenvalue weighted by atomic mass is 19.1. The summed E-state index contributed by atoms with van der Waals surface area (Å²) in [5.74, 6) is 2.08. The number of carbonyl (C=O) groups excluding carboxylic acids is 1. The summed E-state index contributed by atoms with van der Waals surface area (Å²) in [4.78, 5) is 16.5. The molecule has 0 unspecified atom stereocenters. The third-order valence-electron chi connectivity index (χ3n) is 5.43. The zero-order chi connectivity index (χ0) is 19.3. The number of halogens is 1. The normalized spacial score (nSPS) is 17.8. The van der Waals surface area contributed by atoms with E-state index in [1.54, 1.807) is 17.0 Å². The van der Waals surface area contributed by atoms with Crippen molar-refractivity contribution >= 4 is 5.91 Å². The van der Waals surface area contributed by atoms with Gasteiger partial charge in [0.15, 0.2) is 6.61 Å². The first-order chi connectivity index (χ1) is 13.7. The molecule has 0 spiro atoms. The fourth-order valence-electron chi connectivity index (χ4n) is 3.81. The van der Waals surface area contributed by atoms with Gasteiger partial charge in [-0.3, -0.25) is 9.69 Å². The zero-order valence-electron chi connectivity index (χ0n) is 16.0. The van der Waals surface area contributed by atoms with Gasteiger partial charge in [0.25, 0.3) is 5.91 Å². The van der Waals surface area contributed by atoms with E-state index in [4.69, 9.17) is 4.74 Å². The molecule has 3 heterocycles. The Morgan fingerprint density at radius 2 is 1.93 bits per heavy atom. The highest BCUT2D eigenvalue weighted by Gasteiger charge is 2.23. The lowest BCUT2D eigenvalue weighted by molar-refractivity contribution is -0.135. The lowest BCUT2D eigenvalue weighted by Crippen LogP contribution is -2.49. The lowest BCUT2D eigenvalue weighted by Gasteiger charge is -2.34. The van der Waals surface area contributed by atoms with Crippen LogP contribution in [0.3, 0.4) is 0 Å². The van der Waals surface area contributed by atoms with Crippen LogP contribution in [0.4, 0.5) is 4.39 Å². The Morgan fingerprint density at radius 1 is 1.07 bits per heavy atom. The molecule has 0 bridgehead atoms. The highest BCUT2D eigenvalue weighted by molar-refractivity contribution is 5.77. The summed E-state index contributed by atoms with van der Waals surface area (Å²) in [6, 6.07) is 5.85. The molecule has 2 aliphatic rings. The number of aromatic nitrogens is 3. The van der Waals surface area contributed by atoms with Crippen LogP contribution in [-0.2, 0) is 24.3 Å². The fraction of sp³-hybridized carbons (Fsp3) is 0.550. The zero-order valence-corrected chi connectivity index (χ0v) is 16.0. The van der Waals surface area contributed by atoms with E-state index in [2.05, 4.69) is 19.7 Å². The van der Waals surface area contributed by atoms with E-state index in [1.807, 2.05) is 0 Å².